The average molecular weight is 443 g/mol. The average Bonchev–Trinajstić information content (AvgIpc) is 3.26. The molecule has 2 aromatic heterocycles. The second-order valence-corrected chi connectivity index (χ2v) is 8.05. The summed E-state index contributed by atoms with van der Waals surface area (Å²) < 4.78 is 60.8. The lowest BCUT2D eigenvalue weighted by atomic mass is 10.3. The fraction of sp³-hybridized carbons (Fsp3) is 0.0500. The van der Waals surface area contributed by atoms with Crippen molar-refractivity contribution in [3.63, 3.8) is 0 Å². The summed E-state index contributed by atoms with van der Waals surface area (Å²) in [4.78, 5) is 8.12. The first-order valence-corrected chi connectivity index (χ1v) is 10.4. The Balaban J connectivity index is 1.50. The summed E-state index contributed by atoms with van der Waals surface area (Å²) in [6.07, 6.45) is 3.36. The van der Waals surface area contributed by atoms with Crippen LogP contribution in [0.5, 0.6) is 11.6 Å². The Morgan fingerprint density at radius 3 is 2.45 bits per heavy atom. The van der Waals surface area contributed by atoms with E-state index in [0.29, 0.717) is 23.5 Å². The monoisotopic (exact) mass is 443 g/mol. The highest BCUT2D eigenvalue weighted by atomic mass is 32.2. The summed E-state index contributed by atoms with van der Waals surface area (Å²) in [5.41, 5.74) is 0.216. The number of benzene rings is 2. The molecule has 0 saturated carbocycles. The minimum atomic E-state index is -4.09. The lowest BCUT2D eigenvalue weighted by Gasteiger charge is -2.10. The number of sulfonamides is 1. The molecule has 0 spiro atoms. The van der Waals surface area contributed by atoms with Crippen molar-refractivity contribution in [2.75, 3.05) is 4.72 Å². The molecular weight excluding hydrogens is 428 g/mol. The summed E-state index contributed by atoms with van der Waals surface area (Å²) in [5, 5.41) is 4.12. The van der Waals surface area contributed by atoms with Gasteiger partial charge in [0.05, 0.1) is 4.90 Å². The summed E-state index contributed by atoms with van der Waals surface area (Å²) in [7, 11) is -4.09. The van der Waals surface area contributed by atoms with Crippen molar-refractivity contribution in [2.24, 2.45) is 0 Å². The van der Waals surface area contributed by atoms with Crippen LogP contribution in [-0.2, 0) is 10.0 Å². The van der Waals surface area contributed by atoms with Crippen LogP contribution in [0.2, 0.25) is 0 Å². The quantitative estimate of drug-likeness (QED) is 0.486. The van der Waals surface area contributed by atoms with Crippen molar-refractivity contribution < 1.29 is 21.9 Å². The van der Waals surface area contributed by atoms with E-state index in [1.165, 1.54) is 24.3 Å². The minimum absolute atomic E-state index is 0.216. The summed E-state index contributed by atoms with van der Waals surface area (Å²) >= 11 is 0. The fourth-order valence-electron chi connectivity index (χ4n) is 2.67. The third-order valence-corrected chi connectivity index (χ3v) is 5.45. The van der Waals surface area contributed by atoms with Crippen molar-refractivity contribution in [2.45, 2.75) is 11.8 Å². The number of aryl methyl sites for hydroxylation is 1. The first kappa shape index (κ1) is 20.4. The van der Waals surface area contributed by atoms with Crippen LogP contribution in [-0.4, -0.2) is 28.2 Å². The van der Waals surface area contributed by atoms with Gasteiger partial charge in [0.25, 0.3) is 10.0 Å². The molecule has 158 valence electrons. The first-order valence-electron chi connectivity index (χ1n) is 8.92. The lowest BCUT2D eigenvalue weighted by molar-refractivity contribution is 0.459. The number of aromatic nitrogens is 4. The van der Waals surface area contributed by atoms with Gasteiger partial charge in [-0.2, -0.15) is 10.1 Å². The molecule has 1 N–H and O–H groups in total. The Labute approximate surface area is 176 Å². The van der Waals surface area contributed by atoms with E-state index in [0.717, 1.165) is 12.1 Å². The molecule has 31 heavy (non-hydrogen) atoms. The molecule has 0 bridgehead atoms. The van der Waals surface area contributed by atoms with Gasteiger partial charge < -0.3 is 4.74 Å². The van der Waals surface area contributed by atoms with E-state index >= 15 is 0 Å². The minimum Gasteiger partial charge on any atom is -0.439 e. The van der Waals surface area contributed by atoms with E-state index in [-0.39, 0.29) is 11.6 Å². The number of ether oxygens (including phenoxy) is 1. The van der Waals surface area contributed by atoms with Crippen molar-refractivity contribution in [1.82, 2.24) is 19.7 Å². The van der Waals surface area contributed by atoms with E-state index in [1.54, 1.807) is 36.1 Å². The van der Waals surface area contributed by atoms with Gasteiger partial charge in [-0.05, 0) is 55.5 Å². The van der Waals surface area contributed by atoms with Gasteiger partial charge in [0.15, 0.2) is 17.5 Å². The highest BCUT2D eigenvalue weighted by Gasteiger charge is 2.17. The van der Waals surface area contributed by atoms with Crippen LogP contribution >= 0.6 is 0 Å². The molecule has 0 aliphatic heterocycles. The lowest BCUT2D eigenvalue weighted by Crippen LogP contribution is -2.13. The molecular formula is C20H15F2N5O3S. The van der Waals surface area contributed by atoms with Crippen LogP contribution in [0.1, 0.15) is 5.82 Å². The zero-order valence-corrected chi connectivity index (χ0v) is 16.8. The number of hydrogen-bond acceptors (Lipinski definition) is 6. The number of rotatable bonds is 6. The van der Waals surface area contributed by atoms with Gasteiger partial charge in [0, 0.05) is 24.1 Å². The summed E-state index contributed by atoms with van der Waals surface area (Å²) in [6, 6.07) is 11.7. The SMILES string of the molecule is Cc1nc(Oc2ccc(NS(=O)(=O)c3ccc(F)c(F)c3)cc2)cc(-n2cccn2)n1. The van der Waals surface area contributed by atoms with Gasteiger partial charge in [0.2, 0.25) is 5.88 Å². The van der Waals surface area contributed by atoms with Crippen LogP contribution in [0, 0.1) is 18.6 Å². The van der Waals surface area contributed by atoms with Gasteiger partial charge in [0.1, 0.15) is 11.6 Å². The molecule has 0 atom stereocenters. The largest absolute Gasteiger partial charge is 0.439 e. The van der Waals surface area contributed by atoms with E-state index in [9.17, 15) is 17.2 Å². The van der Waals surface area contributed by atoms with E-state index < -0.39 is 26.6 Å². The zero-order valence-electron chi connectivity index (χ0n) is 16.0. The summed E-state index contributed by atoms with van der Waals surface area (Å²) in [6.45, 7) is 1.72. The van der Waals surface area contributed by atoms with Crippen LogP contribution in [0.4, 0.5) is 14.5 Å². The third-order valence-electron chi connectivity index (χ3n) is 4.07. The topological polar surface area (TPSA) is 99.0 Å². The highest BCUT2D eigenvalue weighted by molar-refractivity contribution is 7.92. The Bertz CT molecular complexity index is 1330. The van der Waals surface area contributed by atoms with Gasteiger partial charge in [-0.15, -0.1) is 0 Å². The predicted molar refractivity (Wildman–Crippen MR) is 108 cm³/mol. The Morgan fingerprint density at radius 1 is 1.00 bits per heavy atom. The third kappa shape index (κ3) is 4.67. The molecule has 8 nitrogen and oxygen atoms in total. The maximum absolute atomic E-state index is 13.4. The van der Waals surface area contributed by atoms with Crippen molar-refractivity contribution in [1.29, 1.82) is 0 Å². The Morgan fingerprint density at radius 2 is 1.77 bits per heavy atom. The predicted octanol–water partition coefficient (Wildman–Crippen LogP) is 3.84. The highest BCUT2D eigenvalue weighted by Crippen LogP contribution is 2.24. The van der Waals surface area contributed by atoms with Crippen LogP contribution in [0.3, 0.4) is 0 Å². The van der Waals surface area contributed by atoms with E-state index in [4.69, 9.17) is 4.74 Å². The Hall–Kier alpha value is -3.86. The first-order chi connectivity index (χ1) is 14.8. The molecule has 11 heteroatoms. The number of nitrogens with zero attached hydrogens (tertiary/aromatic N) is 4. The van der Waals surface area contributed by atoms with Gasteiger partial charge >= 0.3 is 0 Å². The standard InChI is InChI=1S/C20H15F2N5O3S/c1-13-24-19(27-10-2-9-23-27)12-20(25-13)30-15-5-3-14(4-6-15)26-31(28,29)16-7-8-17(21)18(22)11-16/h2-12,26H,1H3. The number of hydrogen-bond donors (Lipinski definition) is 1. The molecule has 0 aliphatic carbocycles. The molecule has 0 aliphatic rings. The molecule has 0 unspecified atom stereocenters. The molecule has 4 aromatic rings. The summed E-state index contributed by atoms with van der Waals surface area (Å²) in [5.74, 6) is -0.673. The molecule has 4 rings (SSSR count). The number of anilines is 1. The van der Waals surface area contributed by atoms with Crippen LogP contribution in [0.15, 0.2) is 71.9 Å². The maximum atomic E-state index is 13.4. The fourth-order valence-corrected chi connectivity index (χ4v) is 3.74. The normalized spacial score (nSPS) is 11.3. The van der Waals surface area contributed by atoms with E-state index in [2.05, 4.69) is 19.8 Å². The van der Waals surface area contributed by atoms with Gasteiger partial charge in [-0.3, -0.25) is 4.72 Å². The smallest absolute Gasteiger partial charge is 0.261 e. The molecule has 0 radical (unpaired) electrons. The number of nitrogens with one attached hydrogen (secondary N) is 1. The molecule has 2 heterocycles. The van der Waals surface area contributed by atoms with Crippen LogP contribution < -0.4 is 9.46 Å². The Kier molecular flexibility index (Phi) is 5.34. The number of halogens is 2. The van der Waals surface area contributed by atoms with Gasteiger partial charge in [-0.25, -0.2) is 26.9 Å². The van der Waals surface area contributed by atoms with Crippen molar-refractivity contribution in [3.8, 4) is 17.4 Å². The van der Waals surface area contributed by atoms with Crippen LogP contribution in [0.25, 0.3) is 5.82 Å². The second kappa shape index (κ2) is 8.11. The van der Waals surface area contributed by atoms with E-state index in [1.807, 2.05) is 0 Å². The molecule has 0 fully saturated rings. The zero-order chi connectivity index (χ0) is 22.0. The molecule has 0 saturated heterocycles. The van der Waals surface area contributed by atoms with Crippen molar-refractivity contribution >= 4 is 15.7 Å². The second-order valence-electron chi connectivity index (χ2n) is 6.37. The van der Waals surface area contributed by atoms with Crippen molar-refractivity contribution in [3.05, 3.63) is 84.4 Å². The molecule has 0 amide bonds. The molecule has 2 aromatic carbocycles. The van der Waals surface area contributed by atoms with Gasteiger partial charge in [-0.1, -0.05) is 0 Å². The maximum Gasteiger partial charge on any atom is 0.261 e.